The highest BCUT2D eigenvalue weighted by Gasteiger charge is 2.20. The summed E-state index contributed by atoms with van der Waals surface area (Å²) in [5, 5.41) is 6.70. The first-order valence-electron chi connectivity index (χ1n) is 9.67. The molecule has 0 unspecified atom stereocenters. The summed E-state index contributed by atoms with van der Waals surface area (Å²) < 4.78 is 5.38. The number of aliphatic imine (C=N–C) groups is 1. The number of guanidine groups is 1. The maximum atomic E-state index is 11.1. The first kappa shape index (κ1) is 23.2. The van der Waals surface area contributed by atoms with Crippen LogP contribution in [0.5, 0.6) is 0 Å². The number of nitrogens with one attached hydrogen (secondary N) is 2. The molecule has 8 heteroatoms. The Morgan fingerprint density at radius 2 is 1.97 bits per heavy atom. The van der Waals surface area contributed by atoms with Gasteiger partial charge in [-0.25, -0.2) is 0 Å². The van der Waals surface area contributed by atoms with E-state index in [1.54, 1.807) is 19.2 Å². The van der Waals surface area contributed by atoms with Crippen LogP contribution >= 0.6 is 24.0 Å². The number of hydrogen-bond acceptors (Lipinski definition) is 4. The first-order chi connectivity index (χ1) is 13.5. The standard InChI is InChI=1S/C21H29N5O2.HI/c1-15-5-3-4-6-16(15)14-26-11-9-17(10-12-26)25-21(23-2)24-13-18-7-8-19(28-18)20(22)27;/h3-8,17H,9-14H2,1-2H3,(H2,22,27)(H2,23,24,25);1H. The van der Waals surface area contributed by atoms with Gasteiger partial charge in [-0.3, -0.25) is 14.7 Å². The van der Waals surface area contributed by atoms with Crippen LogP contribution in [-0.2, 0) is 13.1 Å². The number of amides is 1. The molecule has 0 saturated carbocycles. The van der Waals surface area contributed by atoms with Gasteiger partial charge >= 0.3 is 0 Å². The number of carbonyl (C=O) groups is 1. The Kier molecular flexibility index (Phi) is 8.97. The average molecular weight is 511 g/mol. The summed E-state index contributed by atoms with van der Waals surface area (Å²) in [6.07, 6.45) is 2.14. The quantitative estimate of drug-likeness (QED) is 0.315. The van der Waals surface area contributed by atoms with E-state index in [-0.39, 0.29) is 29.7 Å². The number of nitrogens with zero attached hydrogens (tertiary/aromatic N) is 2. The fourth-order valence-electron chi connectivity index (χ4n) is 3.43. The van der Waals surface area contributed by atoms with Gasteiger partial charge in [0.25, 0.3) is 5.91 Å². The highest BCUT2D eigenvalue weighted by Crippen LogP contribution is 2.16. The summed E-state index contributed by atoms with van der Waals surface area (Å²) in [7, 11) is 1.75. The molecule has 1 aliphatic rings. The Morgan fingerprint density at radius 1 is 1.24 bits per heavy atom. The molecule has 1 amide bonds. The summed E-state index contributed by atoms with van der Waals surface area (Å²) in [5.41, 5.74) is 7.96. The molecule has 29 heavy (non-hydrogen) atoms. The summed E-state index contributed by atoms with van der Waals surface area (Å²) >= 11 is 0. The van der Waals surface area contributed by atoms with Crippen LogP contribution in [0.4, 0.5) is 0 Å². The number of aryl methyl sites for hydroxylation is 1. The van der Waals surface area contributed by atoms with E-state index in [0.29, 0.717) is 18.3 Å². The molecule has 1 aromatic heterocycles. The van der Waals surface area contributed by atoms with Crippen LogP contribution in [0.15, 0.2) is 45.8 Å². The minimum absolute atomic E-state index is 0. The van der Waals surface area contributed by atoms with Crippen molar-refractivity contribution < 1.29 is 9.21 Å². The van der Waals surface area contributed by atoms with Crippen molar-refractivity contribution in [3.63, 3.8) is 0 Å². The second-order valence-corrected chi connectivity index (χ2v) is 7.18. The van der Waals surface area contributed by atoms with Crippen molar-refractivity contribution in [3.05, 3.63) is 59.0 Å². The topological polar surface area (TPSA) is 95.9 Å². The maximum Gasteiger partial charge on any atom is 0.284 e. The molecule has 3 rings (SSSR count). The molecule has 0 aliphatic carbocycles. The van der Waals surface area contributed by atoms with Gasteiger partial charge in [0.2, 0.25) is 0 Å². The lowest BCUT2D eigenvalue weighted by atomic mass is 10.0. The summed E-state index contributed by atoms with van der Waals surface area (Å²) in [6, 6.07) is 12.3. The molecule has 2 aromatic rings. The molecule has 1 aliphatic heterocycles. The fourth-order valence-corrected chi connectivity index (χ4v) is 3.43. The van der Waals surface area contributed by atoms with Gasteiger partial charge < -0.3 is 20.8 Å². The number of benzene rings is 1. The number of carbonyl (C=O) groups excluding carboxylic acids is 1. The van der Waals surface area contributed by atoms with Gasteiger partial charge in [0.1, 0.15) is 5.76 Å². The van der Waals surface area contributed by atoms with Crippen molar-refractivity contribution in [1.82, 2.24) is 15.5 Å². The van der Waals surface area contributed by atoms with E-state index < -0.39 is 5.91 Å². The lowest BCUT2D eigenvalue weighted by Crippen LogP contribution is -2.48. The van der Waals surface area contributed by atoms with Crippen LogP contribution < -0.4 is 16.4 Å². The zero-order valence-corrected chi connectivity index (χ0v) is 19.3. The number of piperidine rings is 1. The Labute approximate surface area is 189 Å². The lowest BCUT2D eigenvalue weighted by Gasteiger charge is -2.33. The molecule has 0 bridgehead atoms. The lowest BCUT2D eigenvalue weighted by molar-refractivity contribution is 0.0972. The second kappa shape index (κ2) is 11.2. The van der Waals surface area contributed by atoms with Crippen molar-refractivity contribution in [1.29, 1.82) is 0 Å². The van der Waals surface area contributed by atoms with Gasteiger partial charge in [-0.15, -0.1) is 24.0 Å². The van der Waals surface area contributed by atoms with E-state index in [4.69, 9.17) is 10.2 Å². The molecule has 0 spiro atoms. The molecule has 2 heterocycles. The number of rotatable bonds is 6. The zero-order valence-electron chi connectivity index (χ0n) is 17.0. The van der Waals surface area contributed by atoms with E-state index in [1.807, 2.05) is 0 Å². The third-order valence-electron chi connectivity index (χ3n) is 5.14. The van der Waals surface area contributed by atoms with Crippen LogP contribution in [0.2, 0.25) is 0 Å². The zero-order chi connectivity index (χ0) is 19.9. The van der Waals surface area contributed by atoms with E-state index in [9.17, 15) is 4.79 Å². The predicted molar refractivity (Wildman–Crippen MR) is 125 cm³/mol. The third kappa shape index (κ3) is 6.74. The molecule has 4 N–H and O–H groups in total. The van der Waals surface area contributed by atoms with Gasteiger partial charge in [0, 0.05) is 32.7 Å². The highest BCUT2D eigenvalue weighted by atomic mass is 127. The van der Waals surface area contributed by atoms with Gasteiger partial charge in [-0.2, -0.15) is 0 Å². The van der Waals surface area contributed by atoms with E-state index >= 15 is 0 Å². The van der Waals surface area contributed by atoms with Crippen molar-refractivity contribution in [3.8, 4) is 0 Å². The van der Waals surface area contributed by atoms with E-state index in [1.165, 1.54) is 11.1 Å². The van der Waals surface area contributed by atoms with E-state index in [2.05, 4.69) is 51.7 Å². The summed E-state index contributed by atoms with van der Waals surface area (Å²) in [5.74, 6) is 0.978. The Hall–Kier alpha value is -2.07. The van der Waals surface area contributed by atoms with Crippen LogP contribution in [0.1, 0.15) is 40.3 Å². The highest BCUT2D eigenvalue weighted by molar-refractivity contribution is 14.0. The molecular weight excluding hydrogens is 481 g/mol. The molecule has 1 fully saturated rings. The minimum atomic E-state index is -0.564. The molecule has 1 aromatic carbocycles. The van der Waals surface area contributed by atoms with E-state index in [0.717, 1.165) is 38.4 Å². The van der Waals surface area contributed by atoms with Gasteiger partial charge in [0.15, 0.2) is 11.7 Å². The molecule has 0 radical (unpaired) electrons. The number of furan rings is 1. The van der Waals surface area contributed by atoms with Crippen LogP contribution in [-0.4, -0.2) is 42.9 Å². The smallest absolute Gasteiger partial charge is 0.284 e. The average Bonchev–Trinajstić information content (AvgIpc) is 3.17. The molecular formula is C21H30IN5O2. The third-order valence-corrected chi connectivity index (χ3v) is 5.14. The van der Waals surface area contributed by atoms with Crippen molar-refractivity contribution in [2.24, 2.45) is 10.7 Å². The minimum Gasteiger partial charge on any atom is -0.454 e. The predicted octanol–water partition coefficient (Wildman–Crippen LogP) is 2.63. The van der Waals surface area contributed by atoms with Gasteiger partial charge in [-0.05, 0) is 43.0 Å². The van der Waals surface area contributed by atoms with Gasteiger partial charge in [-0.1, -0.05) is 24.3 Å². The second-order valence-electron chi connectivity index (χ2n) is 7.18. The maximum absolute atomic E-state index is 11.1. The molecule has 7 nitrogen and oxygen atoms in total. The van der Waals surface area contributed by atoms with Crippen LogP contribution in [0.25, 0.3) is 0 Å². The Bertz CT molecular complexity index is 828. The number of primary amides is 1. The number of likely N-dealkylation sites (tertiary alicyclic amines) is 1. The van der Waals surface area contributed by atoms with Crippen molar-refractivity contribution in [2.75, 3.05) is 20.1 Å². The van der Waals surface area contributed by atoms with Gasteiger partial charge in [0.05, 0.1) is 6.54 Å². The fraction of sp³-hybridized carbons (Fsp3) is 0.429. The van der Waals surface area contributed by atoms with Crippen molar-refractivity contribution >= 4 is 35.8 Å². The summed E-state index contributed by atoms with van der Waals surface area (Å²) in [4.78, 5) is 17.9. The number of hydrogen-bond donors (Lipinski definition) is 3. The normalized spacial score (nSPS) is 15.6. The Balaban J connectivity index is 0.00000300. The SMILES string of the molecule is CN=C(NCc1ccc(C(N)=O)o1)NC1CCN(Cc2ccccc2C)CC1.I. The number of nitrogens with two attached hydrogens (primary N) is 1. The molecule has 0 atom stereocenters. The Morgan fingerprint density at radius 3 is 2.59 bits per heavy atom. The monoisotopic (exact) mass is 511 g/mol. The largest absolute Gasteiger partial charge is 0.454 e. The summed E-state index contributed by atoms with van der Waals surface area (Å²) in [6.45, 7) is 5.74. The van der Waals surface area contributed by atoms with Crippen LogP contribution in [0, 0.1) is 6.92 Å². The molecule has 1 saturated heterocycles. The molecule has 158 valence electrons. The first-order valence-corrected chi connectivity index (χ1v) is 9.67. The van der Waals surface area contributed by atoms with Crippen LogP contribution in [0.3, 0.4) is 0 Å². The van der Waals surface area contributed by atoms with Crippen molar-refractivity contribution in [2.45, 2.75) is 38.9 Å². The number of halogens is 1.